The van der Waals surface area contributed by atoms with E-state index in [4.69, 9.17) is 5.73 Å². The van der Waals surface area contributed by atoms with Crippen LogP contribution in [0.1, 0.15) is 11.3 Å². The molecule has 1 aromatic rings. The highest BCUT2D eigenvalue weighted by Gasteiger charge is 2.14. The third-order valence-corrected chi connectivity index (χ3v) is 2.78. The van der Waals surface area contributed by atoms with E-state index in [9.17, 15) is 4.79 Å². The van der Waals surface area contributed by atoms with E-state index in [2.05, 4.69) is 9.98 Å². The van der Waals surface area contributed by atoms with Gasteiger partial charge in [0, 0.05) is 35.2 Å². The highest BCUT2D eigenvalue weighted by molar-refractivity contribution is 5.94. The smallest absolute Gasteiger partial charge is 0.245 e. The Morgan fingerprint density at radius 2 is 2.25 bits per heavy atom. The lowest BCUT2D eigenvalue weighted by Crippen LogP contribution is -2.34. The Bertz CT molecular complexity index is 668. The molecule has 0 saturated carbocycles. The van der Waals surface area contributed by atoms with Gasteiger partial charge in [-0.25, -0.2) is 0 Å². The zero-order valence-electron chi connectivity index (χ0n) is 8.47. The van der Waals surface area contributed by atoms with Crippen molar-refractivity contribution >= 4 is 18.1 Å². The average Bonchev–Trinajstić information content (AvgIpc) is 2.76. The van der Waals surface area contributed by atoms with Crippen molar-refractivity contribution in [1.29, 1.82) is 0 Å². The molecule has 78 valence electrons. The predicted molar refractivity (Wildman–Crippen MR) is 59.5 cm³/mol. The van der Waals surface area contributed by atoms with Crippen molar-refractivity contribution in [1.82, 2.24) is 4.98 Å². The van der Waals surface area contributed by atoms with Crippen LogP contribution in [0.25, 0.3) is 12.2 Å². The molecule has 0 unspecified atom stereocenters. The topological polar surface area (TPSA) is 68.3 Å². The summed E-state index contributed by atoms with van der Waals surface area (Å²) in [7, 11) is 0. The maximum Gasteiger partial charge on any atom is 0.245 e. The fourth-order valence-electron chi connectivity index (χ4n) is 1.94. The maximum absolute atomic E-state index is 11.1. The highest BCUT2D eigenvalue weighted by Crippen LogP contribution is 2.07. The van der Waals surface area contributed by atoms with Crippen LogP contribution in [0.5, 0.6) is 0 Å². The van der Waals surface area contributed by atoms with E-state index >= 15 is 0 Å². The minimum atomic E-state index is -0.390. The van der Waals surface area contributed by atoms with E-state index in [0.717, 1.165) is 21.8 Å². The minimum Gasteiger partial charge on any atom is -0.366 e. The van der Waals surface area contributed by atoms with E-state index < -0.39 is 0 Å². The monoisotopic (exact) mass is 211 g/mol. The van der Waals surface area contributed by atoms with Gasteiger partial charge in [0.2, 0.25) is 5.91 Å². The van der Waals surface area contributed by atoms with Crippen LogP contribution in [-0.2, 0) is 11.2 Å². The van der Waals surface area contributed by atoms with Crippen molar-refractivity contribution in [2.75, 3.05) is 0 Å². The summed E-state index contributed by atoms with van der Waals surface area (Å²) in [5, 5.41) is 1.93. The zero-order chi connectivity index (χ0) is 11.1. The molecule has 0 spiro atoms. The molecular weight excluding hydrogens is 202 g/mol. The molecule has 2 heterocycles. The van der Waals surface area contributed by atoms with Crippen molar-refractivity contribution in [3.05, 3.63) is 45.9 Å². The van der Waals surface area contributed by atoms with E-state index in [0.29, 0.717) is 12.0 Å². The van der Waals surface area contributed by atoms with Crippen LogP contribution in [0.4, 0.5) is 0 Å². The summed E-state index contributed by atoms with van der Waals surface area (Å²) in [4.78, 5) is 19.7. The Hall–Kier alpha value is -2.23. The Morgan fingerprint density at radius 1 is 1.38 bits per heavy atom. The van der Waals surface area contributed by atoms with Gasteiger partial charge in [-0.1, -0.05) is 12.2 Å². The number of aromatic nitrogens is 1. The third-order valence-electron chi connectivity index (χ3n) is 2.78. The lowest BCUT2D eigenvalue weighted by atomic mass is 10.0. The summed E-state index contributed by atoms with van der Waals surface area (Å²) in [5.74, 6) is -0.390. The van der Waals surface area contributed by atoms with E-state index in [1.54, 1.807) is 18.5 Å². The molecule has 0 saturated heterocycles. The number of allylic oxidation sites excluding steroid dienone is 1. The number of carbonyl (C=O) groups excluding carboxylic acids is 1. The number of rotatable bonds is 1. The molecule has 0 radical (unpaired) electrons. The fraction of sp³-hybridized carbons (Fsp3) is 0.0833. The SMILES string of the molecule is NC(=O)C1=CC=c2c(ncc3c2=NC=C3)C1. The van der Waals surface area contributed by atoms with Gasteiger partial charge in [0.1, 0.15) is 0 Å². The van der Waals surface area contributed by atoms with Crippen molar-refractivity contribution in [3.8, 4) is 0 Å². The molecule has 0 aromatic carbocycles. The van der Waals surface area contributed by atoms with E-state index in [1.165, 1.54) is 0 Å². The summed E-state index contributed by atoms with van der Waals surface area (Å²) < 4.78 is 0. The molecule has 1 aromatic heterocycles. The first-order valence-electron chi connectivity index (χ1n) is 4.98. The van der Waals surface area contributed by atoms with E-state index in [1.807, 2.05) is 12.2 Å². The summed E-state index contributed by atoms with van der Waals surface area (Å²) in [6.07, 6.45) is 9.56. The molecule has 3 rings (SSSR count). The Balaban J connectivity index is 2.27. The van der Waals surface area contributed by atoms with Gasteiger partial charge >= 0.3 is 0 Å². The summed E-state index contributed by atoms with van der Waals surface area (Å²) in [6.45, 7) is 0. The molecule has 2 aliphatic rings. The molecule has 2 N–H and O–H groups in total. The predicted octanol–water partition coefficient (Wildman–Crippen LogP) is -0.566. The molecule has 0 fully saturated rings. The largest absolute Gasteiger partial charge is 0.366 e. The number of primary amides is 1. The molecule has 1 aliphatic heterocycles. The molecule has 1 amide bonds. The lowest BCUT2D eigenvalue weighted by molar-refractivity contribution is -0.114. The third kappa shape index (κ3) is 1.20. The van der Waals surface area contributed by atoms with Gasteiger partial charge in [-0.05, 0) is 6.08 Å². The number of fused-ring (bicyclic) bond motifs is 3. The number of nitrogens with zero attached hydrogens (tertiary/aromatic N) is 2. The number of pyridine rings is 1. The van der Waals surface area contributed by atoms with Gasteiger partial charge in [0.15, 0.2) is 0 Å². The highest BCUT2D eigenvalue weighted by atomic mass is 16.1. The van der Waals surface area contributed by atoms with Crippen LogP contribution in [-0.4, -0.2) is 10.9 Å². The molecule has 16 heavy (non-hydrogen) atoms. The number of carbonyl (C=O) groups is 1. The van der Waals surface area contributed by atoms with Crippen molar-refractivity contribution in [3.63, 3.8) is 0 Å². The second kappa shape index (κ2) is 3.13. The Labute approximate surface area is 91.5 Å². The van der Waals surface area contributed by atoms with E-state index in [-0.39, 0.29) is 5.91 Å². The summed E-state index contributed by atoms with van der Waals surface area (Å²) >= 11 is 0. The minimum absolute atomic E-state index is 0.390. The van der Waals surface area contributed by atoms with Gasteiger partial charge in [0.25, 0.3) is 0 Å². The van der Waals surface area contributed by atoms with Crippen LogP contribution < -0.4 is 16.3 Å². The van der Waals surface area contributed by atoms with Gasteiger partial charge in [-0.3, -0.25) is 14.8 Å². The van der Waals surface area contributed by atoms with Crippen LogP contribution >= 0.6 is 0 Å². The normalized spacial score (nSPS) is 15.6. The molecular formula is C12H9N3O. The van der Waals surface area contributed by atoms with Crippen molar-refractivity contribution < 1.29 is 4.79 Å². The second-order valence-electron chi connectivity index (χ2n) is 3.77. The number of nitrogens with two attached hydrogens (primary N) is 1. The zero-order valence-corrected chi connectivity index (χ0v) is 8.47. The summed E-state index contributed by atoms with van der Waals surface area (Å²) in [5.41, 5.74) is 7.72. The first-order chi connectivity index (χ1) is 7.75. The second-order valence-corrected chi connectivity index (χ2v) is 3.77. The van der Waals surface area contributed by atoms with Gasteiger partial charge in [-0.2, -0.15) is 0 Å². The van der Waals surface area contributed by atoms with Gasteiger partial charge in [-0.15, -0.1) is 0 Å². The molecule has 0 bridgehead atoms. The van der Waals surface area contributed by atoms with Crippen molar-refractivity contribution in [2.24, 2.45) is 10.7 Å². The lowest BCUT2D eigenvalue weighted by Gasteiger charge is -2.08. The Morgan fingerprint density at radius 3 is 3.06 bits per heavy atom. The fourth-order valence-corrected chi connectivity index (χ4v) is 1.94. The maximum atomic E-state index is 11.1. The number of hydrogen-bond donors (Lipinski definition) is 1. The van der Waals surface area contributed by atoms with Crippen molar-refractivity contribution in [2.45, 2.75) is 6.42 Å². The van der Waals surface area contributed by atoms with Crippen LogP contribution in [0.3, 0.4) is 0 Å². The molecule has 1 aliphatic carbocycles. The first kappa shape index (κ1) is 9.03. The van der Waals surface area contributed by atoms with Gasteiger partial charge < -0.3 is 5.73 Å². The molecule has 0 atom stereocenters. The average molecular weight is 211 g/mol. The quantitative estimate of drug-likeness (QED) is 0.676. The molecule has 4 nitrogen and oxygen atoms in total. The Kier molecular flexibility index (Phi) is 1.77. The van der Waals surface area contributed by atoms with Gasteiger partial charge in [0.05, 0.1) is 11.1 Å². The standard InChI is InChI=1S/C12H9N3O/c13-12(16)7-1-2-9-10(5-7)15-6-8-3-4-14-11(8)9/h1-4,6H,5H2,(H2,13,16). The number of hydrogen-bond acceptors (Lipinski definition) is 3. The van der Waals surface area contributed by atoms with Crippen LogP contribution in [0.15, 0.2) is 29.0 Å². The molecule has 4 heteroatoms. The summed E-state index contributed by atoms with van der Waals surface area (Å²) in [6, 6.07) is 0. The van der Waals surface area contributed by atoms with Crippen LogP contribution in [0.2, 0.25) is 0 Å². The first-order valence-corrected chi connectivity index (χ1v) is 4.98. The van der Waals surface area contributed by atoms with Crippen LogP contribution in [0, 0.1) is 0 Å². The number of amides is 1.